The minimum atomic E-state index is -3.71. The number of benzene rings is 3. The van der Waals surface area contributed by atoms with Crippen LogP contribution in [0.3, 0.4) is 0 Å². The second-order valence-corrected chi connectivity index (χ2v) is 10.9. The first kappa shape index (κ1) is 24.9. The summed E-state index contributed by atoms with van der Waals surface area (Å²) in [5.41, 5.74) is 2.85. The highest BCUT2D eigenvalue weighted by atomic mass is 32.2. The molecule has 0 N–H and O–H groups in total. The van der Waals surface area contributed by atoms with E-state index in [1.54, 1.807) is 25.3 Å². The Morgan fingerprint density at radius 2 is 1.57 bits per heavy atom. The SMILES string of the molecule is COc1ccc(S(=O)(=O)N2CCC[C@@H](C(=O)N(Cc3ccccc3)Cc3ccccc3)C2)cc1C. The van der Waals surface area contributed by atoms with Crippen LogP contribution in [0.4, 0.5) is 0 Å². The van der Waals surface area contributed by atoms with Crippen LogP contribution in [0.25, 0.3) is 0 Å². The first-order chi connectivity index (χ1) is 16.9. The number of aryl methyl sites for hydroxylation is 1. The zero-order valence-corrected chi connectivity index (χ0v) is 21.1. The van der Waals surface area contributed by atoms with Crippen molar-refractivity contribution in [1.82, 2.24) is 9.21 Å². The van der Waals surface area contributed by atoms with E-state index in [4.69, 9.17) is 4.74 Å². The fourth-order valence-electron chi connectivity index (χ4n) is 4.60. The lowest BCUT2D eigenvalue weighted by Crippen LogP contribution is -2.46. The van der Waals surface area contributed by atoms with Crippen molar-refractivity contribution in [3.05, 3.63) is 95.6 Å². The normalized spacial score (nSPS) is 16.6. The number of methoxy groups -OCH3 is 1. The second-order valence-electron chi connectivity index (χ2n) is 9.00. The molecule has 0 aromatic heterocycles. The Hall–Kier alpha value is -3.16. The standard InChI is InChI=1S/C28H32N2O4S/c1-22-18-26(15-16-27(22)34-2)35(32,33)30-17-9-14-25(21-30)28(31)29(19-23-10-5-3-6-11-23)20-24-12-7-4-8-13-24/h3-8,10-13,15-16,18,25H,9,14,17,19-21H2,1-2H3/t25-/m1/s1. The Morgan fingerprint density at radius 3 is 2.11 bits per heavy atom. The molecule has 0 unspecified atom stereocenters. The molecule has 0 aliphatic carbocycles. The van der Waals surface area contributed by atoms with E-state index in [-0.39, 0.29) is 23.3 Å². The Balaban J connectivity index is 1.54. The minimum absolute atomic E-state index is 0.0106. The van der Waals surface area contributed by atoms with Crippen molar-refractivity contribution in [1.29, 1.82) is 0 Å². The lowest BCUT2D eigenvalue weighted by Gasteiger charge is -2.34. The summed E-state index contributed by atoms with van der Waals surface area (Å²) in [5.74, 6) is 0.252. The number of hydrogen-bond acceptors (Lipinski definition) is 4. The summed E-state index contributed by atoms with van der Waals surface area (Å²) in [6.07, 6.45) is 1.32. The maximum Gasteiger partial charge on any atom is 0.243 e. The quantitative estimate of drug-likeness (QED) is 0.460. The highest BCUT2D eigenvalue weighted by molar-refractivity contribution is 7.89. The average molecular weight is 493 g/mol. The van der Waals surface area contributed by atoms with Crippen molar-refractivity contribution in [3.63, 3.8) is 0 Å². The van der Waals surface area contributed by atoms with E-state index >= 15 is 0 Å². The van der Waals surface area contributed by atoms with Crippen molar-refractivity contribution < 1.29 is 17.9 Å². The molecule has 4 rings (SSSR count). The van der Waals surface area contributed by atoms with E-state index in [9.17, 15) is 13.2 Å². The van der Waals surface area contributed by atoms with E-state index in [0.29, 0.717) is 38.2 Å². The topological polar surface area (TPSA) is 66.9 Å². The number of carbonyl (C=O) groups is 1. The van der Waals surface area contributed by atoms with E-state index in [2.05, 4.69) is 0 Å². The molecule has 3 aromatic carbocycles. The molecule has 35 heavy (non-hydrogen) atoms. The number of ether oxygens (including phenoxy) is 1. The average Bonchev–Trinajstić information content (AvgIpc) is 2.89. The maximum atomic E-state index is 13.7. The van der Waals surface area contributed by atoms with Gasteiger partial charge >= 0.3 is 0 Å². The largest absolute Gasteiger partial charge is 0.496 e. The summed E-state index contributed by atoms with van der Waals surface area (Å²) < 4.78 is 33.6. The predicted octanol–water partition coefficient (Wildman–Crippen LogP) is 4.63. The number of carbonyl (C=O) groups excluding carboxylic acids is 1. The molecule has 0 bridgehead atoms. The molecule has 7 heteroatoms. The van der Waals surface area contributed by atoms with Gasteiger partial charge in [-0.15, -0.1) is 0 Å². The monoisotopic (exact) mass is 492 g/mol. The highest BCUT2D eigenvalue weighted by Crippen LogP contribution is 2.28. The number of sulfonamides is 1. The van der Waals surface area contributed by atoms with Crippen molar-refractivity contribution in [2.75, 3.05) is 20.2 Å². The highest BCUT2D eigenvalue weighted by Gasteiger charge is 2.35. The van der Waals surface area contributed by atoms with Crippen molar-refractivity contribution in [2.24, 2.45) is 5.92 Å². The van der Waals surface area contributed by atoms with Crippen LogP contribution in [0.2, 0.25) is 0 Å². The van der Waals surface area contributed by atoms with Crippen LogP contribution in [-0.4, -0.2) is 43.7 Å². The van der Waals surface area contributed by atoms with Gasteiger partial charge < -0.3 is 9.64 Å². The van der Waals surface area contributed by atoms with Gasteiger partial charge in [0.25, 0.3) is 0 Å². The summed E-state index contributed by atoms with van der Waals surface area (Å²) in [6.45, 7) is 3.39. The molecule has 1 atom stereocenters. The predicted molar refractivity (Wildman–Crippen MR) is 136 cm³/mol. The zero-order chi connectivity index (χ0) is 24.8. The number of piperidine rings is 1. The summed E-state index contributed by atoms with van der Waals surface area (Å²) in [4.78, 5) is 15.8. The van der Waals surface area contributed by atoms with Crippen molar-refractivity contribution in [3.8, 4) is 5.75 Å². The van der Waals surface area contributed by atoms with Gasteiger partial charge in [0.05, 0.1) is 17.9 Å². The molecule has 0 radical (unpaired) electrons. The van der Waals surface area contributed by atoms with E-state index in [0.717, 1.165) is 16.7 Å². The molecule has 1 fully saturated rings. The third kappa shape index (κ3) is 5.92. The fourth-order valence-corrected chi connectivity index (χ4v) is 6.21. The molecule has 3 aromatic rings. The Bertz CT molecular complexity index is 1200. The van der Waals surface area contributed by atoms with E-state index in [1.807, 2.05) is 72.5 Å². The molecule has 1 amide bonds. The van der Waals surface area contributed by atoms with Crippen LogP contribution in [-0.2, 0) is 27.9 Å². The Kier molecular flexibility index (Phi) is 7.88. The summed E-state index contributed by atoms with van der Waals surface area (Å²) in [7, 11) is -2.15. The first-order valence-corrected chi connectivity index (χ1v) is 13.3. The maximum absolute atomic E-state index is 13.7. The molecule has 1 aliphatic heterocycles. The molecule has 0 spiro atoms. The van der Waals surface area contributed by atoms with Crippen LogP contribution in [0, 0.1) is 12.8 Å². The summed E-state index contributed by atoms with van der Waals surface area (Å²) >= 11 is 0. The minimum Gasteiger partial charge on any atom is -0.496 e. The van der Waals surface area contributed by atoms with Gasteiger partial charge in [0, 0.05) is 26.2 Å². The molecule has 1 aliphatic rings. The number of hydrogen-bond donors (Lipinski definition) is 0. The Labute approximate surface area is 208 Å². The molecule has 184 valence electrons. The van der Waals surface area contributed by atoms with Crippen LogP contribution < -0.4 is 4.74 Å². The van der Waals surface area contributed by atoms with E-state index in [1.165, 1.54) is 4.31 Å². The molecular weight excluding hydrogens is 460 g/mol. The van der Waals surface area contributed by atoms with Crippen LogP contribution in [0.5, 0.6) is 5.75 Å². The number of amides is 1. The van der Waals surface area contributed by atoms with E-state index < -0.39 is 10.0 Å². The zero-order valence-electron chi connectivity index (χ0n) is 20.3. The molecule has 0 saturated carbocycles. The Morgan fingerprint density at radius 1 is 0.971 bits per heavy atom. The van der Waals surface area contributed by atoms with Gasteiger partial charge in [0.2, 0.25) is 15.9 Å². The number of nitrogens with zero attached hydrogens (tertiary/aromatic N) is 2. The van der Waals surface area contributed by atoms with Gasteiger partial charge in [-0.2, -0.15) is 4.31 Å². The molecule has 6 nitrogen and oxygen atoms in total. The van der Waals surface area contributed by atoms with Crippen LogP contribution in [0.15, 0.2) is 83.8 Å². The van der Waals surface area contributed by atoms with Gasteiger partial charge in [0.1, 0.15) is 5.75 Å². The van der Waals surface area contributed by atoms with Gasteiger partial charge in [-0.05, 0) is 54.7 Å². The molecule has 1 saturated heterocycles. The molecular formula is C28H32N2O4S. The van der Waals surface area contributed by atoms with Gasteiger partial charge in [0.15, 0.2) is 0 Å². The van der Waals surface area contributed by atoms with Crippen LogP contribution in [0.1, 0.15) is 29.5 Å². The smallest absolute Gasteiger partial charge is 0.243 e. The third-order valence-electron chi connectivity index (χ3n) is 6.48. The lowest BCUT2D eigenvalue weighted by atomic mass is 9.97. The van der Waals surface area contributed by atoms with Gasteiger partial charge in [-0.1, -0.05) is 60.7 Å². The molecule has 1 heterocycles. The summed E-state index contributed by atoms with van der Waals surface area (Å²) in [6, 6.07) is 24.7. The van der Waals surface area contributed by atoms with Gasteiger partial charge in [-0.25, -0.2) is 8.42 Å². The van der Waals surface area contributed by atoms with Crippen molar-refractivity contribution in [2.45, 2.75) is 37.8 Å². The fraction of sp³-hybridized carbons (Fsp3) is 0.321. The lowest BCUT2D eigenvalue weighted by molar-refractivity contribution is -0.138. The first-order valence-electron chi connectivity index (χ1n) is 11.9. The third-order valence-corrected chi connectivity index (χ3v) is 8.34. The second kappa shape index (κ2) is 11.1. The summed E-state index contributed by atoms with van der Waals surface area (Å²) in [5, 5.41) is 0. The van der Waals surface area contributed by atoms with Crippen LogP contribution >= 0.6 is 0 Å². The van der Waals surface area contributed by atoms with Crippen molar-refractivity contribution >= 4 is 15.9 Å². The van der Waals surface area contributed by atoms with Gasteiger partial charge in [-0.3, -0.25) is 4.79 Å². The number of rotatable bonds is 8.